The molecule has 4 rings (SSSR count). The maximum Gasteiger partial charge on any atom is 0.317 e. The number of aliphatic imine (C=N–C) groups is 1. The molecule has 4 aliphatic rings. The second kappa shape index (κ2) is 6.61. The molecule has 0 bridgehead atoms. The van der Waals surface area contributed by atoms with E-state index in [1.807, 2.05) is 11.8 Å². The molecule has 0 aromatic rings. The van der Waals surface area contributed by atoms with E-state index in [2.05, 4.69) is 10.6 Å². The Hall–Kier alpha value is -1.59. The van der Waals surface area contributed by atoms with Crippen LogP contribution >= 0.6 is 0 Å². The van der Waals surface area contributed by atoms with Crippen molar-refractivity contribution in [3.8, 4) is 0 Å². The Morgan fingerprint density at radius 3 is 2.80 bits per heavy atom. The van der Waals surface area contributed by atoms with Gasteiger partial charge in [0.1, 0.15) is 11.4 Å². The SMILES string of the molecule is CCC1=N[C@@]2(CC[C@@H]3CN(C(=O)NCC4CCCCC4)C[C@@H]32)C(=O)N1. The fraction of sp³-hybridized carbons (Fsp3) is 0.842. The van der Waals surface area contributed by atoms with E-state index in [4.69, 9.17) is 4.99 Å². The summed E-state index contributed by atoms with van der Waals surface area (Å²) in [6.07, 6.45) is 8.99. The van der Waals surface area contributed by atoms with Gasteiger partial charge in [-0.1, -0.05) is 26.2 Å². The van der Waals surface area contributed by atoms with Gasteiger partial charge in [0, 0.05) is 32.0 Å². The molecule has 138 valence electrons. The van der Waals surface area contributed by atoms with Gasteiger partial charge in [0.2, 0.25) is 0 Å². The van der Waals surface area contributed by atoms with Gasteiger partial charge in [-0.05, 0) is 37.5 Å². The Morgan fingerprint density at radius 1 is 1.28 bits per heavy atom. The summed E-state index contributed by atoms with van der Waals surface area (Å²) in [7, 11) is 0. The highest BCUT2D eigenvalue weighted by molar-refractivity contribution is 6.08. The van der Waals surface area contributed by atoms with Crippen LogP contribution in [0, 0.1) is 17.8 Å². The number of carbonyl (C=O) groups is 2. The van der Waals surface area contributed by atoms with Crippen molar-refractivity contribution in [3.63, 3.8) is 0 Å². The lowest BCUT2D eigenvalue weighted by atomic mass is 9.85. The van der Waals surface area contributed by atoms with E-state index < -0.39 is 5.54 Å². The summed E-state index contributed by atoms with van der Waals surface area (Å²) in [4.78, 5) is 31.9. The van der Waals surface area contributed by atoms with E-state index >= 15 is 0 Å². The normalized spacial score (nSPS) is 35.0. The summed E-state index contributed by atoms with van der Waals surface area (Å²) < 4.78 is 0. The average molecular weight is 346 g/mol. The molecule has 0 aromatic heterocycles. The monoisotopic (exact) mass is 346 g/mol. The maximum absolute atomic E-state index is 12.6. The first-order valence-electron chi connectivity index (χ1n) is 10.1. The van der Waals surface area contributed by atoms with Crippen molar-refractivity contribution in [1.29, 1.82) is 0 Å². The molecule has 2 aliphatic heterocycles. The second-order valence-corrected chi connectivity index (χ2v) is 8.29. The van der Waals surface area contributed by atoms with Gasteiger partial charge in [0.05, 0.1) is 0 Å². The lowest BCUT2D eigenvalue weighted by Crippen LogP contribution is -2.46. The summed E-state index contributed by atoms with van der Waals surface area (Å²) in [5.74, 6) is 2.10. The summed E-state index contributed by atoms with van der Waals surface area (Å²) in [6, 6.07) is 0.0493. The Labute approximate surface area is 149 Å². The van der Waals surface area contributed by atoms with Gasteiger partial charge < -0.3 is 15.5 Å². The highest BCUT2D eigenvalue weighted by Gasteiger charge is 2.59. The molecule has 0 aromatic carbocycles. The Bertz CT molecular complexity index is 584. The molecular formula is C19H30N4O2. The zero-order valence-electron chi connectivity index (χ0n) is 15.2. The van der Waals surface area contributed by atoms with Crippen LogP contribution < -0.4 is 10.6 Å². The molecule has 3 fully saturated rings. The van der Waals surface area contributed by atoms with Crippen molar-refractivity contribution < 1.29 is 9.59 Å². The van der Waals surface area contributed by atoms with Crippen LogP contribution in [-0.4, -0.2) is 47.8 Å². The first-order valence-corrected chi connectivity index (χ1v) is 10.1. The molecule has 1 saturated heterocycles. The highest BCUT2D eigenvalue weighted by atomic mass is 16.2. The summed E-state index contributed by atoms with van der Waals surface area (Å²) in [5, 5.41) is 6.10. The van der Waals surface area contributed by atoms with Gasteiger partial charge in [-0.15, -0.1) is 0 Å². The van der Waals surface area contributed by atoms with Crippen molar-refractivity contribution in [2.45, 2.75) is 63.8 Å². The van der Waals surface area contributed by atoms with Crippen LogP contribution in [0.15, 0.2) is 4.99 Å². The molecule has 1 spiro atoms. The summed E-state index contributed by atoms with van der Waals surface area (Å²) in [5.41, 5.74) is -0.603. The van der Waals surface area contributed by atoms with Crippen molar-refractivity contribution in [2.24, 2.45) is 22.7 Å². The molecule has 3 amide bonds. The van der Waals surface area contributed by atoms with Crippen LogP contribution in [0.1, 0.15) is 58.3 Å². The van der Waals surface area contributed by atoms with Gasteiger partial charge in [-0.3, -0.25) is 9.79 Å². The Kier molecular flexibility index (Phi) is 4.46. The minimum absolute atomic E-state index is 0.0493. The number of fused-ring (bicyclic) bond motifs is 2. The standard InChI is InChI=1S/C19H30N4O2/c1-2-16-21-17(24)19(22-16)9-8-14-11-23(12-15(14)19)18(25)20-10-13-6-4-3-5-7-13/h13-15H,2-12H2,1H3,(H,20,25)(H,21,22,24)/t14-,15+,19-/m1/s1. The number of nitrogens with one attached hydrogen (secondary N) is 2. The number of hydrogen-bond donors (Lipinski definition) is 2. The van der Waals surface area contributed by atoms with Crippen LogP contribution in [0.4, 0.5) is 4.79 Å². The topological polar surface area (TPSA) is 73.8 Å². The van der Waals surface area contributed by atoms with E-state index in [0.29, 0.717) is 18.4 Å². The molecule has 6 heteroatoms. The zero-order valence-corrected chi connectivity index (χ0v) is 15.2. The third-order valence-corrected chi connectivity index (χ3v) is 6.82. The molecule has 2 saturated carbocycles. The fourth-order valence-corrected chi connectivity index (χ4v) is 5.34. The number of likely N-dealkylation sites (tertiary alicyclic amines) is 1. The first kappa shape index (κ1) is 16.9. The third kappa shape index (κ3) is 2.93. The molecule has 2 aliphatic carbocycles. The lowest BCUT2D eigenvalue weighted by molar-refractivity contribution is -0.124. The van der Waals surface area contributed by atoms with Crippen molar-refractivity contribution in [1.82, 2.24) is 15.5 Å². The predicted octanol–water partition coefficient (Wildman–Crippen LogP) is 2.30. The quantitative estimate of drug-likeness (QED) is 0.823. The minimum Gasteiger partial charge on any atom is -0.338 e. The predicted molar refractivity (Wildman–Crippen MR) is 96.4 cm³/mol. The van der Waals surface area contributed by atoms with Crippen LogP contribution in [0.5, 0.6) is 0 Å². The van der Waals surface area contributed by atoms with Crippen LogP contribution in [0.2, 0.25) is 0 Å². The van der Waals surface area contributed by atoms with Gasteiger partial charge >= 0.3 is 6.03 Å². The summed E-state index contributed by atoms with van der Waals surface area (Å²) >= 11 is 0. The molecule has 0 radical (unpaired) electrons. The lowest BCUT2D eigenvalue weighted by Gasteiger charge is -2.27. The van der Waals surface area contributed by atoms with Crippen molar-refractivity contribution >= 4 is 17.8 Å². The fourth-order valence-electron chi connectivity index (χ4n) is 5.34. The minimum atomic E-state index is -0.603. The zero-order chi connectivity index (χ0) is 17.4. The number of rotatable bonds is 3. The van der Waals surface area contributed by atoms with E-state index in [9.17, 15) is 9.59 Å². The van der Waals surface area contributed by atoms with Gasteiger partial charge in [-0.2, -0.15) is 0 Å². The van der Waals surface area contributed by atoms with E-state index in [0.717, 1.165) is 38.2 Å². The number of amidine groups is 1. The van der Waals surface area contributed by atoms with Crippen LogP contribution in [0.3, 0.4) is 0 Å². The molecule has 0 unspecified atom stereocenters. The highest BCUT2D eigenvalue weighted by Crippen LogP contribution is 2.48. The molecule has 3 atom stereocenters. The van der Waals surface area contributed by atoms with E-state index in [-0.39, 0.29) is 17.9 Å². The number of carbonyl (C=O) groups excluding carboxylic acids is 2. The van der Waals surface area contributed by atoms with E-state index in [1.54, 1.807) is 0 Å². The summed E-state index contributed by atoms with van der Waals surface area (Å²) in [6.45, 7) is 4.25. The van der Waals surface area contributed by atoms with Crippen molar-refractivity contribution in [3.05, 3.63) is 0 Å². The second-order valence-electron chi connectivity index (χ2n) is 8.29. The first-order chi connectivity index (χ1) is 12.1. The number of hydrogen-bond acceptors (Lipinski definition) is 3. The molecular weight excluding hydrogens is 316 g/mol. The number of urea groups is 1. The van der Waals surface area contributed by atoms with Crippen molar-refractivity contribution in [2.75, 3.05) is 19.6 Å². The Morgan fingerprint density at radius 2 is 2.08 bits per heavy atom. The number of nitrogens with zero attached hydrogens (tertiary/aromatic N) is 2. The molecule has 2 N–H and O–H groups in total. The third-order valence-electron chi connectivity index (χ3n) is 6.82. The maximum atomic E-state index is 12.6. The van der Waals surface area contributed by atoms with Crippen LogP contribution in [-0.2, 0) is 4.79 Å². The molecule has 6 nitrogen and oxygen atoms in total. The van der Waals surface area contributed by atoms with Gasteiger partial charge in [0.15, 0.2) is 0 Å². The smallest absolute Gasteiger partial charge is 0.317 e. The van der Waals surface area contributed by atoms with Gasteiger partial charge in [-0.25, -0.2) is 4.79 Å². The van der Waals surface area contributed by atoms with Crippen LogP contribution in [0.25, 0.3) is 0 Å². The van der Waals surface area contributed by atoms with E-state index in [1.165, 1.54) is 32.1 Å². The largest absolute Gasteiger partial charge is 0.338 e. The molecule has 25 heavy (non-hydrogen) atoms. The Balaban J connectivity index is 1.37. The van der Waals surface area contributed by atoms with Gasteiger partial charge in [0.25, 0.3) is 5.91 Å². The average Bonchev–Trinajstić information content (AvgIpc) is 3.29. The number of amides is 3. The molecule has 2 heterocycles.